The summed E-state index contributed by atoms with van der Waals surface area (Å²) < 4.78 is 5.49. The maximum atomic E-state index is 5.49. The predicted octanol–water partition coefficient (Wildman–Crippen LogP) is 3.22. The summed E-state index contributed by atoms with van der Waals surface area (Å²) >= 11 is 0. The van der Waals surface area contributed by atoms with Crippen molar-refractivity contribution in [2.75, 3.05) is 49.2 Å². The molecule has 5 heteroatoms. The molecule has 2 aromatic rings. The molecule has 0 N–H and O–H groups in total. The minimum Gasteiger partial charge on any atom is -0.378 e. The number of hydrogen-bond donors (Lipinski definition) is 0. The van der Waals surface area contributed by atoms with Crippen molar-refractivity contribution < 1.29 is 4.74 Å². The minimum absolute atomic E-state index is 0.746. The monoisotopic (exact) mass is 338 g/mol. The SMILES string of the molecule is CC1CCN(c2cc(-c3ccccc3)nc(N3CCOCC3)n2)CC1. The third-order valence-corrected chi connectivity index (χ3v) is 5.17. The molecule has 0 spiro atoms. The molecule has 2 fully saturated rings. The number of nitrogens with zero attached hydrogens (tertiary/aromatic N) is 4. The summed E-state index contributed by atoms with van der Waals surface area (Å²) in [6, 6.07) is 12.6. The van der Waals surface area contributed by atoms with Crippen molar-refractivity contribution in [1.82, 2.24) is 9.97 Å². The molecule has 0 aliphatic carbocycles. The van der Waals surface area contributed by atoms with Gasteiger partial charge in [-0.1, -0.05) is 37.3 Å². The first-order valence-corrected chi connectivity index (χ1v) is 9.32. The Labute approximate surface area is 149 Å². The van der Waals surface area contributed by atoms with Crippen LogP contribution < -0.4 is 9.80 Å². The van der Waals surface area contributed by atoms with Crippen LogP contribution in [0, 0.1) is 5.92 Å². The molecule has 2 aliphatic heterocycles. The number of rotatable bonds is 3. The molecule has 25 heavy (non-hydrogen) atoms. The van der Waals surface area contributed by atoms with Gasteiger partial charge in [0.25, 0.3) is 0 Å². The summed E-state index contributed by atoms with van der Waals surface area (Å²) in [5.41, 5.74) is 2.15. The Morgan fingerprint density at radius 1 is 0.920 bits per heavy atom. The summed E-state index contributed by atoms with van der Waals surface area (Å²) in [4.78, 5) is 14.4. The number of anilines is 2. The van der Waals surface area contributed by atoms with E-state index in [0.29, 0.717) is 0 Å². The summed E-state index contributed by atoms with van der Waals surface area (Å²) in [7, 11) is 0. The second kappa shape index (κ2) is 7.40. The van der Waals surface area contributed by atoms with Crippen molar-refractivity contribution in [3.63, 3.8) is 0 Å². The molecule has 3 heterocycles. The zero-order valence-corrected chi connectivity index (χ0v) is 14.9. The Hall–Kier alpha value is -2.14. The van der Waals surface area contributed by atoms with E-state index < -0.39 is 0 Å². The van der Waals surface area contributed by atoms with E-state index in [0.717, 1.165) is 68.3 Å². The highest BCUT2D eigenvalue weighted by atomic mass is 16.5. The Morgan fingerprint density at radius 3 is 2.36 bits per heavy atom. The number of hydrogen-bond acceptors (Lipinski definition) is 5. The second-order valence-corrected chi connectivity index (χ2v) is 7.05. The molecule has 132 valence electrons. The Morgan fingerprint density at radius 2 is 1.64 bits per heavy atom. The molecule has 0 atom stereocenters. The van der Waals surface area contributed by atoms with Gasteiger partial charge in [-0.05, 0) is 18.8 Å². The van der Waals surface area contributed by atoms with Crippen LogP contribution in [-0.2, 0) is 4.74 Å². The van der Waals surface area contributed by atoms with Gasteiger partial charge in [0, 0.05) is 37.8 Å². The van der Waals surface area contributed by atoms with Gasteiger partial charge < -0.3 is 14.5 Å². The van der Waals surface area contributed by atoms with Crippen LogP contribution in [0.1, 0.15) is 19.8 Å². The van der Waals surface area contributed by atoms with Crippen LogP contribution in [0.4, 0.5) is 11.8 Å². The van der Waals surface area contributed by atoms with Crippen molar-refractivity contribution in [2.45, 2.75) is 19.8 Å². The van der Waals surface area contributed by atoms with Gasteiger partial charge in [-0.2, -0.15) is 4.98 Å². The third-order valence-electron chi connectivity index (χ3n) is 5.17. The largest absolute Gasteiger partial charge is 0.378 e. The molecule has 1 aromatic carbocycles. The molecular weight excluding hydrogens is 312 g/mol. The maximum absolute atomic E-state index is 5.49. The van der Waals surface area contributed by atoms with E-state index in [9.17, 15) is 0 Å². The average molecular weight is 338 g/mol. The molecule has 2 aliphatic rings. The van der Waals surface area contributed by atoms with Crippen molar-refractivity contribution in [1.29, 1.82) is 0 Å². The van der Waals surface area contributed by atoms with Crippen LogP contribution in [0.5, 0.6) is 0 Å². The molecule has 0 bridgehead atoms. The first-order chi connectivity index (χ1) is 12.3. The van der Waals surface area contributed by atoms with Gasteiger partial charge >= 0.3 is 0 Å². The molecule has 4 rings (SSSR count). The van der Waals surface area contributed by atoms with E-state index >= 15 is 0 Å². The van der Waals surface area contributed by atoms with E-state index in [1.54, 1.807) is 0 Å². The minimum atomic E-state index is 0.746. The number of benzene rings is 1. The predicted molar refractivity (Wildman–Crippen MR) is 101 cm³/mol. The van der Waals surface area contributed by atoms with Crippen LogP contribution in [0.15, 0.2) is 36.4 Å². The van der Waals surface area contributed by atoms with E-state index in [4.69, 9.17) is 14.7 Å². The summed E-state index contributed by atoms with van der Waals surface area (Å²) in [5.74, 6) is 2.70. The lowest BCUT2D eigenvalue weighted by Crippen LogP contribution is -2.38. The molecule has 0 radical (unpaired) electrons. The van der Waals surface area contributed by atoms with Crippen molar-refractivity contribution >= 4 is 11.8 Å². The fraction of sp³-hybridized carbons (Fsp3) is 0.500. The quantitative estimate of drug-likeness (QED) is 0.859. The van der Waals surface area contributed by atoms with Gasteiger partial charge in [0.1, 0.15) is 5.82 Å². The fourth-order valence-corrected chi connectivity index (χ4v) is 3.48. The van der Waals surface area contributed by atoms with E-state index in [-0.39, 0.29) is 0 Å². The van der Waals surface area contributed by atoms with Crippen LogP contribution in [-0.4, -0.2) is 49.4 Å². The lowest BCUT2D eigenvalue weighted by molar-refractivity contribution is 0.122. The molecular formula is C20H26N4O. The van der Waals surface area contributed by atoms with Gasteiger partial charge in [0.2, 0.25) is 5.95 Å². The highest BCUT2D eigenvalue weighted by Gasteiger charge is 2.21. The summed E-state index contributed by atoms with van der Waals surface area (Å²) in [5, 5.41) is 0. The van der Waals surface area contributed by atoms with Crippen LogP contribution in [0.2, 0.25) is 0 Å². The topological polar surface area (TPSA) is 41.5 Å². The molecule has 0 saturated carbocycles. The van der Waals surface area contributed by atoms with Gasteiger partial charge in [0.05, 0.1) is 18.9 Å². The number of aromatic nitrogens is 2. The van der Waals surface area contributed by atoms with E-state index in [2.05, 4.69) is 47.1 Å². The Balaban J connectivity index is 1.69. The normalized spacial score (nSPS) is 19.2. The third kappa shape index (κ3) is 3.76. The van der Waals surface area contributed by atoms with Crippen molar-refractivity contribution in [2.24, 2.45) is 5.92 Å². The summed E-state index contributed by atoms with van der Waals surface area (Å²) in [6.45, 7) is 7.70. The summed E-state index contributed by atoms with van der Waals surface area (Å²) in [6.07, 6.45) is 2.47. The van der Waals surface area contributed by atoms with Gasteiger partial charge in [-0.15, -0.1) is 0 Å². The van der Waals surface area contributed by atoms with Crippen LogP contribution in [0.3, 0.4) is 0 Å². The Bertz CT molecular complexity index is 692. The number of ether oxygens (including phenoxy) is 1. The lowest BCUT2D eigenvalue weighted by Gasteiger charge is -2.33. The molecule has 2 saturated heterocycles. The van der Waals surface area contributed by atoms with Crippen LogP contribution in [0.25, 0.3) is 11.3 Å². The highest BCUT2D eigenvalue weighted by Crippen LogP contribution is 2.28. The van der Waals surface area contributed by atoms with Crippen LogP contribution >= 0.6 is 0 Å². The number of morpholine rings is 1. The first kappa shape index (κ1) is 16.3. The molecule has 0 amide bonds. The molecule has 1 aromatic heterocycles. The molecule has 0 unspecified atom stereocenters. The van der Waals surface area contributed by atoms with Gasteiger partial charge in [-0.25, -0.2) is 4.98 Å². The van der Waals surface area contributed by atoms with Crippen molar-refractivity contribution in [3.05, 3.63) is 36.4 Å². The second-order valence-electron chi connectivity index (χ2n) is 7.05. The van der Waals surface area contributed by atoms with Crippen molar-refractivity contribution in [3.8, 4) is 11.3 Å². The fourth-order valence-electron chi connectivity index (χ4n) is 3.48. The average Bonchev–Trinajstić information content (AvgIpc) is 2.69. The van der Waals surface area contributed by atoms with E-state index in [1.165, 1.54) is 12.8 Å². The lowest BCUT2D eigenvalue weighted by atomic mass is 9.99. The smallest absolute Gasteiger partial charge is 0.228 e. The zero-order chi connectivity index (χ0) is 17.1. The first-order valence-electron chi connectivity index (χ1n) is 9.32. The van der Waals surface area contributed by atoms with Gasteiger partial charge in [-0.3, -0.25) is 0 Å². The van der Waals surface area contributed by atoms with E-state index in [1.807, 2.05) is 6.07 Å². The number of piperidine rings is 1. The Kier molecular flexibility index (Phi) is 4.83. The zero-order valence-electron chi connectivity index (χ0n) is 14.9. The molecule has 5 nitrogen and oxygen atoms in total. The maximum Gasteiger partial charge on any atom is 0.228 e. The van der Waals surface area contributed by atoms with Gasteiger partial charge in [0.15, 0.2) is 0 Å². The standard InChI is InChI=1S/C20H26N4O/c1-16-7-9-23(10-8-16)19-15-18(17-5-3-2-4-6-17)21-20(22-19)24-11-13-25-14-12-24/h2-6,15-16H,7-14H2,1H3. The highest BCUT2D eigenvalue weighted by molar-refractivity contribution is 5.65.